The molecule has 0 radical (unpaired) electrons. The van der Waals surface area contributed by atoms with Crippen LogP contribution in [0.2, 0.25) is 0 Å². The van der Waals surface area contributed by atoms with Gasteiger partial charge in [-0.05, 0) is 110 Å². The van der Waals surface area contributed by atoms with Crippen LogP contribution < -0.4 is 0 Å². The average molecular weight is 515 g/mol. The number of ether oxygens (including phenoxy) is 3. The zero-order valence-electron chi connectivity index (χ0n) is 24.6. The van der Waals surface area contributed by atoms with Crippen LogP contribution in [0, 0.1) is 58.2 Å². The van der Waals surface area contributed by atoms with E-state index in [0.29, 0.717) is 52.9 Å². The summed E-state index contributed by atoms with van der Waals surface area (Å²) in [7, 11) is 0. The molecule has 10 unspecified atom stereocenters. The minimum absolute atomic E-state index is 0.0332. The van der Waals surface area contributed by atoms with Gasteiger partial charge in [0.25, 0.3) is 0 Å². The number of esters is 1. The summed E-state index contributed by atoms with van der Waals surface area (Å²) in [6, 6.07) is 0. The van der Waals surface area contributed by atoms with Gasteiger partial charge in [-0.15, -0.1) is 0 Å². The van der Waals surface area contributed by atoms with E-state index in [-0.39, 0.29) is 17.9 Å². The van der Waals surface area contributed by atoms with Crippen LogP contribution in [0.4, 0.5) is 0 Å². The van der Waals surface area contributed by atoms with Crippen LogP contribution in [-0.4, -0.2) is 30.6 Å². The second-order valence-corrected chi connectivity index (χ2v) is 15.3. The van der Waals surface area contributed by atoms with E-state index in [0.717, 1.165) is 50.0 Å². The molecule has 13 atom stereocenters. The Morgan fingerprint density at radius 1 is 0.973 bits per heavy atom. The smallest absolute Gasteiger partial charge is 0.306 e. The van der Waals surface area contributed by atoms with Gasteiger partial charge in [0.1, 0.15) is 6.10 Å². The van der Waals surface area contributed by atoms with E-state index in [1.165, 1.54) is 44.9 Å². The average Bonchev–Trinajstić information content (AvgIpc) is 3.31. The van der Waals surface area contributed by atoms with Gasteiger partial charge in [0, 0.05) is 18.8 Å². The summed E-state index contributed by atoms with van der Waals surface area (Å²) in [5.41, 5.74) is 0.810. The van der Waals surface area contributed by atoms with E-state index >= 15 is 0 Å². The van der Waals surface area contributed by atoms with E-state index in [4.69, 9.17) is 14.2 Å². The molecule has 2 saturated heterocycles. The highest BCUT2D eigenvalue weighted by Gasteiger charge is 2.69. The number of rotatable bonds is 4. The fourth-order valence-electron chi connectivity index (χ4n) is 11.0. The fraction of sp³-hybridized carbons (Fsp3) is 0.970. The third-order valence-electron chi connectivity index (χ3n) is 13.4. The molecule has 0 aromatic rings. The van der Waals surface area contributed by atoms with Crippen molar-refractivity contribution in [2.24, 2.45) is 58.2 Å². The first-order chi connectivity index (χ1) is 17.6. The van der Waals surface area contributed by atoms with Crippen LogP contribution in [-0.2, 0) is 19.0 Å². The van der Waals surface area contributed by atoms with Crippen LogP contribution in [0.5, 0.6) is 0 Å². The first-order valence-corrected chi connectivity index (χ1v) is 16.1. The fourth-order valence-corrected chi connectivity index (χ4v) is 11.0. The Bertz CT molecular complexity index is 862. The number of hydrogen-bond donors (Lipinski definition) is 0. The molecule has 0 aromatic heterocycles. The number of fused-ring (bicyclic) bond motifs is 7. The van der Waals surface area contributed by atoms with Crippen molar-refractivity contribution in [1.29, 1.82) is 0 Å². The molecule has 0 N–H and O–H groups in total. The Kier molecular flexibility index (Phi) is 6.83. The zero-order chi connectivity index (χ0) is 26.2. The minimum atomic E-state index is -0.305. The highest BCUT2D eigenvalue weighted by molar-refractivity contribution is 5.69. The molecule has 4 heteroatoms. The van der Waals surface area contributed by atoms with Crippen molar-refractivity contribution in [3.05, 3.63) is 0 Å². The normalized spacial score (nSPS) is 53.6. The van der Waals surface area contributed by atoms with Crippen LogP contribution in [0.3, 0.4) is 0 Å². The molecular formula is C33H54O4. The van der Waals surface area contributed by atoms with E-state index in [9.17, 15) is 4.79 Å². The summed E-state index contributed by atoms with van der Waals surface area (Å²) in [6.07, 6.45) is 14.6. The number of carbonyl (C=O) groups excluding carboxylic acids is 1. The summed E-state index contributed by atoms with van der Waals surface area (Å²) >= 11 is 0. The largest absolute Gasteiger partial charge is 0.462 e. The van der Waals surface area contributed by atoms with Crippen LogP contribution in [0.1, 0.15) is 119 Å². The van der Waals surface area contributed by atoms with Crippen LogP contribution >= 0.6 is 0 Å². The molecule has 210 valence electrons. The quantitative estimate of drug-likeness (QED) is 0.359. The first-order valence-electron chi connectivity index (χ1n) is 16.1. The third kappa shape index (κ3) is 4.16. The Hall–Kier alpha value is -0.610. The Labute approximate surface area is 226 Å². The lowest BCUT2D eigenvalue weighted by Crippen LogP contribution is -2.55. The van der Waals surface area contributed by atoms with Gasteiger partial charge in [-0.3, -0.25) is 4.79 Å². The molecular weight excluding hydrogens is 460 g/mol. The van der Waals surface area contributed by atoms with Crippen LogP contribution in [0.15, 0.2) is 0 Å². The molecule has 4 saturated carbocycles. The van der Waals surface area contributed by atoms with E-state index < -0.39 is 0 Å². The molecule has 0 aromatic carbocycles. The van der Waals surface area contributed by atoms with Crippen molar-refractivity contribution in [3.63, 3.8) is 0 Å². The summed E-state index contributed by atoms with van der Waals surface area (Å²) in [4.78, 5) is 12.5. The van der Waals surface area contributed by atoms with Gasteiger partial charge in [0.15, 0.2) is 5.79 Å². The second kappa shape index (κ2) is 9.50. The third-order valence-corrected chi connectivity index (χ3v) is 13.4. The predicted octanol–water partition coefficient (Wildman–Crippen LogP) is 7.78. The Morgan fingerprint density at radius 3 is 2.49 bits per heavy atom. The maximum atomic E-state index is 12.5. The van der Waals surface area contributed by atoms with E-state index in [1.807, 2.05) is 0 Å². The lowest BCUT2D eigenvalue weighted by molar-refractivity contribution is -0.273. The van der Waals surface area contributed by atoms with Gasteiger partial charge in [-0.25, -0.2) is 0 Å². The van der Waals surface area contributed by atoms with Gasteiger partial charge < -0.3 is 14.2 Å². The van der Waals surface area contributed by atoms with Gasteiger partial charge in [-0.1, -0.05) is 48.0 Å². The maximum absolute atomic E-state index is 12.5. The molecule has 6 aliphatic rings. The zero-order valence-corrected chi connectivity index (χ0v) is 24.6. The SMILES string of the molecule is CCC(C)CC(=O)O[C@@H]1CC[C@@]2(C)C(CCC3C2CC[C@@]2(C)C3CC3OC4(CCC(C)CO4)C(C)C32)C1. The molecule has 1 spiro atoms. The summed E-state index contributed by atoms with van der Waals surface area (Å²) < 4.78 is 19.5. The highest BCUT2D eigenvalue weighted by Crippen LogP contribution is 2.71. The van der Waals surface area contributed by atoms with Gasteiger partial charge in [0.05, 0.1) is 12.7 Å². The molecule has 4 nitrogen and oxygen atoms in total. The number of hydrogen-bond acceptors (Lipinski definition) is 4. The molecule has 6 rings (SSSR count). The Balaban J connectivity index is 1.13. The molecule has 4 aliphatic carbocycles. The number of carbonyl (C=O) groups is 1. The monoisotopic (exact) mass is 514 g/mol. The van der Waals surface area contributed by atoms with Crippen molar-refractivity contribution < 1.29 is 19.0 Å². The van der Waals surface area contributed by atoms with Crippen molar-refractivity contribution in [3.8, 4) is 0 Å². The second-order valence-electron chi connectivity index (χ2n) is 15.3. The van der Waals surface area contributed by atoms with Gasteiger partial charge in [-0.2, -0.15) is 0 Å². The predicted molar refractivity (Wildman–Crippen MR) is 146 cm³/mol. The molecule has 6 fully saturated rings. The van der Waals surface area contributed by atoms with Crippen molar-refractivity contribution in [2.75, 3.05) is 6.61 Å². The summed E-state index contributed by atoms with van der Waals surface area (Å²) in [5, 5.41) is 0. The molecule has 2 aliphatic heterocycles. The molecule has 2 heterocycles. The highest BCUT2D eigenvalue weighted by atomic mass is 16.7. The molecule has 0 bridgehead atoms. The van der Waals surface area contributed by atoms with Crippen molar-refractivity contribution in [2.45, 2.75) is 137 Å². The van der Waals surface area contributed by atoms with Crippen LogP contribution in [0.25, 0.3) is 0 Å². The maximum Gasteiger partial charge on any atom is 0.306 e. The van der Waals surface area contributed by atoms with Gasteiger partial charge in [0.2, 0.25) is 0 Å². The van der Waals surface area contributed by atoms with E-state index in [1.54, 1.807) is 0 Å². The lowest BCUT2D eigenvalue weighted by Gasteiger charge is -2.61. The topological polar surface area (TPSA) is 44.8 Å². The molecule has 37 heavy (non-hydrogen) atoms. The van der Waals surface area contributed by atoms with Crippen molar-refractivity contribution >= 4 is 5.97 Å². The first kappa shape index (κ1) is 26.6. The standard InChI is InChI=1S/C33H54O4/c1-7-20(2)16-29(34)36-24-11-13-31(5)23(17-24)8-9-25-26(31)12-14-32(6)27(25)18-28-30(32)22(4)33(37-28)15-10-21(3)19-35-33/h20-28,30H,7-19H2,1-6H3/t20?,21?,22?,23?,24-,25?,26?,27?,28?,30?,31+,32+,33?/m1/s1. The summed E-state index contributed by atoms with van der Waals surface area (Å²) in [6.45, 7) is 15.2. The minimum Gasteiger partial charge on any atom is -0.462 e. The van der Waals surface area contributed by atoms with Crippen molar-refractivity contribution in [1.82, 2.24) is 0 Å². The van der Waals surface area contributed by atoms with Gasteiger partial charge >= 0.3 is 5.97 Å². The Morgan fingerprint density at radius 2 is 1.76 bits per heavy atom. The lowest BCUT2D eigenvalue weighted by atomic mass is 9.44. The molecule has 0 amide bonds. The van der Waals surface area contributed by atoms with E-state index in [2.05, 4.69) is 41.5 Å². The summed E-state index contributed by atoms with van der Waals surface area (Å²) in [5.74, 6) is 5.15.